The molecule has 140 valence electrons. The zero-order chi connectivity index (χ0) is 17.8. The highest BCUT2D eigenvalue weighted by Crippen LogP contribution is 2.42. The standard InChI is InChI=1S/C18H33NO5/c1-5-22-10-11-23-9-8-18(21)12-14-6-7-15(13-18)19(14)16(20)24-17(2,3)4/h14-15,21H,5-13H2,1-4H3. The molecule has 0 radical (unpaired) electrons. The van der Waals surface area contributed by atoms with Crippen LogP contribution >= 0.6 is 0 Å². The number of rotatable bonds is 7. The first kappa shape index (κ1) is 19.5. The van der Waals surface area contributed by atoms with Gasteiger partial charge in [-0.1, -0.05) is 0 Å². The van der Waals surface area contributed by atoms with Crippen molar-refractivity contribution in [1.82, 2.24) is 4.90 Å². The van der Waals surface area contributed by atoms with Crippen LogP contribution in [0.15, 0.2) is 0 Å². The lowest BCUT2D eigenvalue weighted by Gasteiger charge is -2.44. The Kier molecular flexibility index (Phi) is 6.51. The molecule has 2 atom stereocenters. The van der Waals surface area contributed by atoms with Gasteiger partial charge in [-0.15, -0.1) is 0 Å². The van der Waals surface area contributed by atoms with Gasteiger partial charge in [-0.3, -0.25) is 0 Å². The average Bonchev–Trinajstić information content (AvgIpc) is 2.74. The van der Waals surface area contributed by atoms with Crippen LogP contribution in [0.4, 0.5) is 4.79 Å². The number of carbonyl (C=O) groups excluding carboxylic acids is 1. The van der Waals surface area contributed by atoms with Crippen molar-refractivity contribution < 1.29 is 24.1 Å². The van der Waals surface area contributed by atoms with Gasteiger partial charge in [0.05, 0.1) is 18.8 Å². The van der Waals surface area contributed by atoms with Gasteiger partial charge in [-0.05, 0) is 59.8 Å². The van der Waals surface area contributed by atoms with Crippen molar-refractivity contribution in [2.45, 2.75) is 83.1 Å². The minimum Gasteiger partial charge on any atom is -0.444 e. The fraction of sp³-hybridized carbons (Fsp3) is 0.944. The molecule has 2 unspecified atom stereocenters. The summed E-state index contributed by atoms with van der Waals surface area (Å²) in [7, 11) is 0. The lowest BCUT2D eigenvalue weighted by molar-refractivity contribution is -0.0751. The number of piperidine rings is 1. The average molecular weight is 343 g/mol. The molecular formula is C18H33NO5. The summed E-state index contributed by atoms with van der Waals surface area (Å²) in [6, 6.07) is 0.152. The fourth-order valence-corrected chi connectivity index (χ4v) is 3.77. The second-order valence-electron chi connectivity index (χ2n) is 7.96. The van der Waals surface area contributed by atoms with Crippen molar-refractivity contribution >= 4 is 6.09 Å². The van der Waals surface area contributed by atoms with Crippen LogP contribution in [-0.4, -0.2) is 65.8 Å². The van der Waals surface area contributed by atoms with Gasteiger partial charge < -0.3 is 24.2 Å². The lowest BCUT2D eigenvalue weighted by Crippen LogP contribution is -2.54. The molecule has 24 heavy (non-hydrogen) atoms. The summed E-state index contributed by atoms with van der Waals surface area (Å²) in [5, 5.41) is 10.9. The van der Waals surface area contributed by atoms with Crippen LogP contribution in [0.3, 0.4) is 0 Å². The molecule has 2 fully saturated rings. The number of hydrogen-bond donors (Lipinski definition) is 1. The molecular weight excluding hydrogens is 310 g/mol. The Morgan fingerprint density at radius 1 is 1.12 bits per heavy atom. The van der Waals surface area contributed by atoms with Gasteiger partial charge in [0.1, 0.15) is 5.60 Å². The summed E-state index contributed by atoms with van der Waals surface area (Å²) in [6.07, 6.45) is 3.46. The second kappa shape index (κ2) is 8.02. The van der Waals surface area contributed by atoms with Crippen molar-refractivity contribution in [3.8, 4) is 0 Å². The molecule has 0 aliphatic carbocycles. The number of carbonyl (C=O) groups is 1. The molecule has 0 aromatic rings. The Morgan fingerprint density at radius 3 is 2.25 bits per heavy atom. The van der Waals surface area contributed by atoms with Crippen molar-refractivity contribution in [1.29, 1.82) is 0 Å². The molecule has 0 aromatic carbocycles. The third-order valence-corrected chi connectivity index (χ3v) is 4.74. The molecule has 2 heterocycles. The number of fused-ring (bicyclic) bond motifs is 2. The van der Waals surface area contributed by atoms with E-state index in [0.29, 0.717) is 45.7 Å². The van der Waals surface area contributed by atoms with Crippen molar-refractivity contribution in [2.75, 3.05) is 26.4 Å². The van der Waals surface area contributed by atoms with Gasteiger partial charge in [0.2, 0.25) is 0 Å². The maximum Gasteiger partial charge on any atom is 0.410 e. The summed E-state index contributed by atoms with van der Waals surface area (Å²) in [5.41, 5.74) is -1.23. The summed E-state index contributed by atoms with van der Waals surface area (Å²) < 4.78 is 16.3. The van der Waals surface area contributed by atoms with Crippen molar-refractivity contribution in [2.24, 2.45) is 0 Å². The molecule has 6 nitrogen and oxygen atoms in total. The lowest BCUT2D eigenvalue weighted by atomic mass is 9.84. The van der Waals surface area contributed by atoms with E-state index in [4.69, 9.17) is 14.2 Å². The number of hydrogen-bond acceptors (Lipinski definition) is 5. The molecule has 6 heteroatoms. The Morgan fingerprint density at radius 2 is 1.71 bits per heavy atom. The van der Waals surface area contributed by atoms with E-state index in [-0.39, 0.29) is 18.2 Å². The molecule has 0 spiro atoms. The number of nitrogens with zero attached hydrogens (tertiary/aromatic N) is 1. The SMILES string of the molecule is CCOCCOCCC1(O)CC2CCC(C1)N2C(=O)OC(C)(C)C. The normalized spacial score (nSPS) is 29.8. The molecule has 2 aliphatic heterocycles. The first-order valence-electron chi connectivity index (χ1n) is 9.13. The summed E-state index contributed by atoms with van der Waals surface area (Å²) in [6.45, 7) is 9.96. The Labute approximate surface area is 145 Å². The topological polar surface area (TPSA) is 68.2 Å². The zero-order valence-corrected chi connectivity index (χ0v) is 15.5. The highest BCUT2D eigenvalue weighted by atomic mass is 16.6. The van der Waals surface area contributed by atoms with E-state index in [9.17, 15) is 9.90 Å². The van der Waals surface area contributed by atoms with Crippen molar-refractivity contribution in [3.05, 3.63) is 0 Å². The molecule has 1 N–H and O–H groups in total. The van der Waals surface area contributed by atoms with E-state index in [1.54, 1.807) is 0 Å². The molecule has 2 saturated heterocycles. The number of amides is 1. The van der Waals surface area contributed by atoms with Gasteiger partial charge in [0, 0.05) is 25.3 Å². The predicted molar refractivity (Wildman–Crippen MR) is 91.0 cm³/mol. The zero-order valence-electron chi connectivity index (χ0n) is 15.5. The van der Waals surface area contributed by atoms with Crippen LogP contribution in [0.1, 0.15) is 59.8 Å². The van der Waals surface area contributed by atoms with E-state index in [1.807, 2.05) is 32.6 Å². The Hall–Kier alpha value is -0.850. The van der Waals surface area contributed by atoms with Crippen LogP contribution in [-0.2, 0) is 14.2 Å². The largest absolute Gasteiger partial charge is 0.444 e. The molecule has 0 aromatic heterocycles. The van der Waals surface area contributed by atoms with Gasteiger partial charge in [0.25, 0.3) is 0 Å². The van der Waals surface area contributed by atoms with E-state index in [2.05, 4.69) is 0 Å². The van der Waals surface area contributed by atoms with E-state index >= 15 is 0 Å². The highest BCUT2D eigenvalue weighted by molar-refractivity contribution is 5.69. The third kappa shape index (κ3) is 5.33. The van der Waals surface area contributed by atoms with Crippen LogP contribution in [0.5, 0.6) is 0 Å². The maximum absolute atomic E-state index is 12.4. The van der Waals surface area contributed by atoms with Crippen LogP contribution in [0.2, 0.25) is 0 Å². The number of ether oxygens (including phenoxy) is 3. The van der Waals surface area contributed by atoms with Gasteiger partial charge in [-0.2, -0.15) is 0 Å². The van der Waals surface area contributed by atoms with Crippen LogP contribution in [0, 0.1) is 0 Å². The smallest absolute Gasteiger partial charge is 0.410 e. The summed E-state index contributed by atoms with van der Waals surface area (Å²) >= 11 is 0. The van der Waals surface area contributed by atoms with E-state index in [1.165, 1.54) is 0 Å². The van der Waals surface area contributed by atoms with Crippen molar-refractivity contribution in [3.63, 3.8) is 0 Å². The second-order valence-corrected chi connectivity index (χ2v) is 7.96. The molecule has 2 aliphatic rings. The molecule has 2 rings (SSSR count). The third-order valence-electron chi connectivity index (χ3n) is 4.74. The quantitative estimate of drug-likeness (QED) is 0.720. The van der Waals surface area contributed by atoms with E-state index in [0.717, 1.165) is 12.8 Å². The monoisotopic (exact) mass is 343 g/mol. The van der Waals surface area contributed by atoms with Gasteiger partial charge in [-0.25, -0.2) is 4.79 Å². The number of aliphatic hydroxyl groups is 1. The van der Waals surface area contributed by atoms with E-state index < -0.39 is 11.2 Å². The van der Waals surface area contributed by atoms with Crippen LogP contribution < -0.4 is 0 Å². The molecule has 0 saturated carbocycles. The Bertz CT molecular complexity index is 406. The predicted octanol–water partition coefficient (Wildman–Crippen LogP) is 2.72. The molecule has 2 bridgehead atoms. The minimum absolute atomic E-state index is 0.0759. The first-order chi connectivity index (χ1) is 11.2. The minimum atomic E-state index is -0.740. The summed E-state index contributed by atoms with van der Waals surface area (Å²) in [4.78, 5) is 14.3. The van der Waals surface area contributed by atoms with Gasteiger partial charge >= 0.3 is 6.09 Å². The maximum atomic E-state index is 12.4. The molecule has 1 amide bonds. The first-order valence-corrected chi connectivity index (χ1v) is 9.13. The highest BCUT2D eigenvalue weighted by Gasteiger charge is 2.50. The summed E-state index contributed by atoms with van der Waals surface area (Å²) in [5.74, 6) is 0. The van der Waals surface area contributed by atoms with Crippen LogP contribution in [0.25, 0.3) is 0 Å². The van der Waals surface area contributed by atoms with Gasteiger partial charge in [0.15, 0.2) is 0 Å². The fourth-order valence-electron chi connectivity index (χ4n) is 3.77. The Balaban J connectivity index is 1.82.